The third kappa shape index (κ3) is 9.42. The average molecular weight is 580 g/mol. The molecule has 12 heteroatoms. The van der Waals surface area contributed by atoms with Crippen molar-refractivity contribution in [3.05, 3.63) is 96.8 Å². The van der Waals surface area contributed by atoms with Crippen LogP contribution in [0.15, 0.2) is 91.3 Å². The SMILES string of the molecule is O=C(CCCOCCOCCNc1nc(Nc2ccccc2)nc(Nc2ccc(-c3ncn[nH]3)cc2)n1)c1ccccc1. The number of aromatic amines is 1. The average Bonchev–Trinajstić information content (AvgIpc) is 3.58. The molecule has 0 unspecified atom stereocenters. The van der Waals surface area contributed by atoms with E-state index in [2.05, 4.69) is 46.1 Å². The molecule has 5 aromatic rings. The van der Waals surface area contributed by atoms with Gasteiger partial charge in [0.05, 0.1) is 19.8 Å². The van der Waals surface area contributed by atoms with Gasteiger partial charge in [0.1, 0.15) is 6.33 Å². The largest absolute Gasteiger partial charge is 0.379 e. The first kappa shape index (κ1) is 29.3. The predicted octanol–water partition coefficient (Wildman–Crippen LogP) is 5.25. The summed E-state index contributed by atoms with van der Waals surface area (Å²) < 4.78 is 11.3. The summed E-state index contributed by atoms with van der Waals surface area (Å²) in [4.78, 5) is 29.9. The second-order valence-corrected chi connectivity index (χ2v) is 9.38. The Hall–Kier alpha value is -5.20. The Bertz CT molecular complexity index is 1530. The van der Waals surface area contributed by atoms with E-state index >= 15 is 0 Å². The van der Waals surface area contributed by atoms with Crippen molar-refractivity contribution in [2.45, 2.75) is 12.8 Å². The molecule has 3 aromatic carbocycles. The molecular formula is C31H33N9O3. The zero-order valence-electron chi connectivity index (χ0n) is 23.6. The van der Waals surface area contributed by atoms with Crippen LogP contribution in [-0.2, 0) is 9.47 Å². The number of nitrogens with zero attached hydrogens (tertiary/aromatic N) is 5. The van der Waals surface area contributed by atoms with Crippen molar-refractivity contribution in [2.75, 3.05) is 48.9 Å². The number of anilines is 5. The number of H-pyrrole nitrogens is 1. The molecule has 12 nitrogen and oxygen atoms in total. The number of hydrogen-bond acceptors (Lipinski definition) is 11. The molecule has 0 aliphatic heterocycles. The molecule has 220 valence electrons. The highest BCUT2D eigenvalue weighted by Gasteiger charge is 2.09. The monoisotopic (exact) mass is 579 g/mol. The van der Waals surface area contributed by atoms with Crippen LogP contribution in [0, 0.1) is 0 Å². The van der Waals surface area contributed by atoms with E-state index in [1.807, 2.05) is 84.9 Å². The van der Waals surface area contributed by atoms with Crippen LogP contribution >= 0.6 is 0 Å². The number of para-hydroxylation sites is 1. The molecule has 0 bridgehead atoms. The lowest BCUT2D eigenvalue weighted by Crippen LogP contribution is -2.15. The molecule has 2 aromatic heterocycles. The summed E-state index contributed by atoms with van der Waals surface area (Å²) in [6.45, 7) is 2.35. The van der Waals surface area contributed by atoms with Gasteiger partial charge in [-0.3, -0.25) is 9.89 Å². The van der Waals surface area contributed by atoms with E-state index in [1.54, 1.807) is 0 Å². The van der Waals surface area contributed by atoms with Crippen molar-refractivity contribution in [3.63, 3.8) is 0 Å². The van der Waals surface area contributed by atoms with Crippen molar-refractivity contribution >= 4 is 35.0 Å². The number of ketones is 1. The van der Waals surface area contributed by atoms with Crippen molar-refractivity contribution in [1.82, 2.24) is 30.1 Å². The lowest BCUT2D eigenvalue weighted by molar-refractivity contribution is 0.0497. The van der Waals surface area contributed by atoms with Gasteiger partial charge < -0.3 is 25.4 Å². The maximum absolute atomic E-state index is 12.1. The summed E-state index contributed by atoms with van der Waals surface area (Å²) in [7, 11) is 0. The van der Waals surface area contributed by atoms with Gasteiger partial charge in [-0.1, -0.05) is 48.5 Å². The molecule has 0 atom stereocenters. The van der Waals surface area contributed by atoms with Gasteiger partial charge in [0.25, 0.3) is 0 Å². The van der Waals surface area contributed by atoms with E-state index in [-0.39, 0.29) is 5.78 Å². The molecule has 4 N–H and O–H groups in total. The molecule has 0 fully saturated rings. The van der Waals surface area contributed by atoms with Gasteiger partial charge in [0, 0.05) is 42.1 Å². The summed E-state index contributed by atoms with van der Waals surface area (Å²) in [5.41, 5.74) is 3.31. The topological polar surface area (TPSA) is 152 Å². The summed E-state index contributed by atoms with van der Waals surface area (Å²) in [5.74, 6) is 1.99. The van der Waals surface area contributed by atoms with Crippen molar-refractivity contribution in [1.29, 1.82) is 0 Å². The second kappa shape index (κ2) is 15.7. The Morgan fingerprint density at radius 1 is 0.698 bits per heavy atom. The smallest absolute Gasteiger partial charge is 0.233 e. The molecule has 43 heavy (non-hydrogen) atoms. The Morgan fingerprint density at radius 2 is 1.33 bits per heavy atom. The normalized spacial score (nSPS) is 10.8. The summed E-state index contributed by atoms with van der Waals surface area (Å²) in [5, 5.41) is 16.4. The lowest BCUT2D eigenvalue weighted by atomic mass is 10.1. The van der Waals surface area contributed by atoms with Crippen LogP contribution in [-0.4, -0.2) is 68.9 Å². The quantitative estimate of drug-likeness (QED) is 0.0844. The number of carbonyl (C=O) groups excluding carboxylic acids is 1. The van der Waals surface area contributed by atoms with Gasteiger partial charge >= 0.3 is 0 Å². The van der Waals surface area contributed by atoms with Crippen LogP contribution in [0.5, 0.6) is 0 Å². The Morgan fingerprint density at radius 3 is 2.00 bits per heavy atom. The minimum atomic E-state index is 0.131. The van der Waals surface area contributed by atoms with E-state index in [0.29, 0.717) is 69.5 Å². The predicted molar refractivity (Wildman–Crippen MR) is 165 cm³/mol. The van der Waals surface area contributed by atoms with Crippen molar-refractivity contribution in [2.24, 2.45) is 0 Å². The van der Waals surface area contributed by atoms with Crippen LogP contribution in [0.3, 0.4) is 0 Å². The number of nitrogens with one attached hydrogen (secondary N) is 4. The van der Waals surface area contributed by atoms with Gasteiger partial charge in [-0.15, -0.1) is 0 Å². The maximum atomic E-state index is 12.1. The standard InChI is InChI=1S/C31H33N9O3/c41-27(23-8-3-1-4-9-23)12-7-18-42-20-21-43-19-17-32-29-37-30(35-25-10-5-2-6-11-25)39-31(38-29)36-26-15-13-24(14-16-26)28-33-22-34-40-28/h1-6,8-11,13-16,22H,7,12,17-21H2,(H,33,34,40)(H3,32,35,36,37,38,39). The molecule has 0 saturated carbocycles. The Kier molecular flexibility index (Phi) is 10.7. The van der Waals surface area contributed by atoms with E-state index in [0.717, 1.165) is 22.5 Å². The fourth-order valence-corrected chi connectivity index (χ4v) is 4.06. The van der Waals surface area contributed by atoms with Crippen LogP contribution in [0.25, 0.3) is 11.4 Å². The highest BCUT2D eigenvalue weighted by molar-refractivity contribution is 5.95. The zero-order valence-corrected chi connectivity index (χ0v) is 23.6. The highest BCUT2D eigenvalue weighted by atomic mass is 16.5. The number of Topliss-reactive ketones (excluding diaryl/α,β-unsaturated/α-hetero) is 1. The van der Waals surface area contributed by atoms with Gasteiger partial charge in [-0.25, -0.2) is 4.98 Å². The zero-order chi connectivity index (χ0) is 29.5. The summed E-state index contributed by atoms with van der Waals surface area (Å²) in [6, 6.07) is 26.7. The number of benzene rings is 3. The van der Waals surface area contributed by atoms with E-state index in [9.17, 15) is 4.79 Å². The van der Waals surface area contributed by atoms with Gasteiger partial charge in [-0.2, -0.15) is 20.1 Å². The van der Waals surface area contributed by atoms with E-state index in [4.69, 9.17) is 9.47 Å². The molecule has 0 aliphatic carbocycles. The van der Waals surface area contributed by atoms with Crippen molar-refractivity contribution < 1.29 is 14.3 Å². The highest BCUT2D eigenvalue weighted by Crippen LogP contribution is 2.21. The number of carbonyl (C=O) groups is 1. The number of ether oxygens (including phenoxy) is 2. The molecule has 0 spiro atoms. The van der Waals surface area contributed by atoms with Gasteiger partial charge in [0.2, 0.25) is 17.8 Å². The first-order valence-corrected chi connectivity index (χ1v) is 14.0. The summed E-state index contributed by atoms with van der Waals surface area (Å²) >= 11 is 0. The first-order valence-electron chi connectivity index (χ1n) is 14.0. The fourth-order valence-electron chi connectivity index (χ4n) is 4.06. The molecule has 2 heterocycles. The lowest BCUT2D eigenvalue weighted by Gasteiger charge is -2.12. The number of aromatic nitrogens is 6. The first-order chi connectivity index (χ1) is 21.2. The van der Waals surface area contributed by atoms with E-state index in [1.165, 1.54) is 6.33 Å². The van der Waals surface area contributed by atoms with Crippen LogP contribution < -0.4 is 16.0 Å². The molecule has 0 radical (unpaired) electrons. The molecule has 0 aliphatic rings. The van der Waals surface area contributed by atoms with E-state index < -0.39 is 0 Å². The van der Waals surface area contributed by atoms with Crippen molar-refractivity contribution in [3.8, 4) is 11.4 Å². The minimum Gasteiger partial charge on any atom is -0.379 e. The van der Waals surface area contributed by atoms with Gasteiger partial charge in [0.15, 0.2) is 11.6 Å². The Balaban J connectivity index is 1.07. The van der Waals surface area contributed by atoms with Crippen LogP contribution in [0.1, 0.15) is 23.2 Å². The maximum Gasteiger partial charge on any atom is 0.233 e. The van der Waals surface area contributed by atoms with Gasteiger partial charge in [-0.05, 0) is 42.8 Å². The van der Waals surface area contributed by atoms with Crippen LogP contribution in [0.4, 0.5) is 29.2 Å². The Labute approximate surface area is 249 Å². The molecule has 0 amide bonds. The van der Waals surface area contributed by atoms with Crippen LogP contribution in [0.2, 0.25) is 0 Å². The molecule has 0 saturated heterocycles. The number of rotatable bonds is 17. The fraction of sp³-hybridized carbons (Fsp3) is 0.226. The molecular weight excluding hydrogens is 546 g/mol. The molecule has 5 rings (SSSR count). The third-order valence-electron chi connectivity index (χ3n) is 6.18. The second-order valence-electron chi connectivity index (χ2n) is 9.38. The minimum absolute atomic E-state index is 0.131. The summed E-state index contributed by atoms with van der Waals surface area (Å²) in [6.07, 6.45) is 2.61. The number of hydrogen-bond donors (Lipinski definition) is 4. The third-order valence-corrected chi connectivity index (χ3v) is 6.18.